The number of unbranched alkanes of at least 4 members (excludes halogenated alkanes) is 3. The van der Waals surface area contributed by atoms with E-state index in [0.29, 0.717) is 0 Å². The van der Waals surface area contributed by atoms with Gasteiger partial charge in [0.25, 0.3) is 5.91 Å². The second kappa shape index (κ2) is 9.11. The van der Waals surface area contributed by atoms with E-state index in [2.05, 4.69) is 33.2 Å². The summed E-state index contributed by atoms with van der Waals surface area (Å²) in [5.41, 5.74) is 3.86. The van der Waals surface area contributed by atoms with Crippen molar-refractivity contribution in [2.24, 2.45) is 11.3 Å². The molecule has 0 aromatic carbocycles. The highest BCUT2D eigenvalue weighted by Crippen LogP contribution is 2.45. The standard InChI is InChI=1S/C18H33NO2/c1-5-9-10-11-12-15-14-21-19-17(20)16(15)18(7-3,8-4)13-6-2/h14,16H,5-13H2,1-4H3,(H,19,20). The lowest BCUT2D eigenvalue weighted by molar-refractivity contribution is -0.140. The van der Waals surface area contributed by atoms with Crippen LogP contribution in [0.5, 0.6) is 0 Å². The van der Waals surface area contributed by atoms with Gasteiger partial charge in [0.1, 0.15) is 6.26 Å². The van der Waals surface area contributed by atoms with Gasteiger partial charge in [-0.2, -0.15) is 5.48 Å². The lowest BCUT2D eigenvalue weighted by Gasteiger charge is -2.41. The monoisotopic (exact) mass is 295 g/mol. The Morgan fingerprint density at radius 1 is 1.10 bits per heavy atom. The van der Waals surface area contributed by atoms with Crippen molar-refractivity contribution in [1.82, 2.24) is 5.48 Å². The normalized spacial score (nSPS) is 19.0. The molecule has 1 heterocycles. The highest BCUT2D eigenvalue weighted by Gasteiger charge is 2.43. The molecule has 1 N–H and O–H groups in total. The summed E-state index contributed by atoms with van der Waals surface area (Å²) < 4.78 is 0. The van der Waals surface area contributed by atoms with Gasteiger partial charge in [0, 0.05) is 0 Å². The molecule has 0 saturated heterocycles. The summed E-state index contributed by atoms with van der Waals surface area (Å²) in [6.45, 7) is 8.87. The van der Waals surface area contributed by atoms with E-state index >= 15 is 0 Å². The molecule has 1 aliphatic heterocycles. The minimum atomic E-state index is -0.0113. The maximum absolute atomic E-state index is 12.5. The minimum absolute atomic E-state index is 0.0113. The van der Waals surface area contributed by atoms with Crippen LogP contribution in [-0.2, 0) is 9.63 Å². The molecule has 3 heteroatoms. The molecule has 0 fully saturated rings. The van der Waals surface area contributed by atoms with E-state index < -0.39 is 0 Å². The molecule has 0 spiro atoms. The third kappa shape index (κ3) is 4.49. The lowest BCUT2D eigenvalue weighted by Crippen LogP contribution is -2.45. The Balaban J connectivity index is 2.88. The van der Waals surface area contributed by atoms with Crippen LogP contribution < -0.4 is 5.48 Å². The summed E-state index contributed by atoms with van der Waals surface area (Å²) in [4.78, 5) is 17.6. The van der Waals surface area contributed by atoms with E-state index in [4.69, 9.17) is 4.84 Å². The fourth-order valence-corrected chi connectivity index (χ4v) is 3.74. The summed E-state index contributed by atoms with van der Waals surface area (Å²) in [5.74, 6) is 0.0444. The van der Waals surface area contributed by atoms with Crippen LogP contribution in [-0.4, -0.2) is 5.91 Å². The van der Waals surface area contributed by atoms with E-state index in [9.17, 15) is 4.79 Å². The van der Waals surface area contributed by atoms with Crippen LogP contribution in [0.4, 0.5) is 0 Å². The maximum atomic E-state index is 12.5. The smallest absolute Gasteiger partial charge is 0.260 e. The van der Waals surface area contributed by atoms with Crippen molar-refractivity contribution in [3.05, 3.63) is 11.8 Å². The van der Waals surface area contributed by atoms with Gasteiger partial charge in [-0.3, -0.25) is 4.79 Å². The highest BCUT2D eigenvalue weighted by molar-refractivity contribution is 5.82. The molecule has 1 rings (SSSR count). The first-order valence-electron chi connectivity index (χ1n) is 8.79. The zero-order chi connectivity index (χ0) is 15.7. The number of rotatable bonds is 10. The van der Waals surface area contributed by atoms with Crippen LogP contribution in [0, 0.1) is 11.3 Å². The third-order valence-corrected chi connectivity index (χ3v) is 5.09. The molecular weight excluding hydrogens is 262 g/mol. The van der Waals surface area contributed by atoms with Gasteiger partial charge in [-0.1, -0.05) is 53.4 Å². The Kier molecular flexibility index (Phi) is 7.84. The topological polar surface area (TPSA) is 38.3 Å². The van der Waals surface area contributed by atoms with E-state index in [-0.39, 0.29) is 17.2 Å². The van der Waals surface area contributed by atoms with Gasteiger partial charge in [-0.05, 0) is 43.1 Å². The second-order valence-electron chi connectivity index (χ2n) is 6.34. The summed E-state index contributed by atoms with van der Waals surface area (Å²) >= 11 is 0. The van der Waals surface area contributed by atoms with Crippen molar-refractivity contribution in [3.63, 3.8) is 0 Å². The fraction of sp³-hybridized carbons (Fsp3) is 0.833. The quantitative estimate of drug-likeness (QED) is 0.568. The van der Waals surface area contributed by atoms with Crippen molar-refractivity contribution >= 4 is 5.91 Å². The Morgan fingerprint density at radius 3 is 2.38 bits per heavy atom. The van der Waals surface area contributed by atoms with Crippen molar-refractivity contribution in [2.75, 3.05) is 0 Å². The SMILES string of the molecule is CCCCCCC1=CONC(=O)C1C(CC)(CC)CCC. The van der Waals surface area contributed by atoms with Crippen LogP contribution in [0.3, 0.4) is 0 Å². The van der Waals surface area contributed by atoms with E-state index in [1.807, 2.05) is 0 Å². The van der Waals surface area contributed by atoms with Gasteiger partial charge in [0.05, 0.1) is 5.92 Å². The number of nitrogens with one attached hydrogen (secondary N) is 1. The molecule has 1 atom stereocenters. The minimum Gasteiger partial charge on any atom is -0.387 e. The average molecular weight is 295 g/mol. The molecule has 0 aromatic rings. The number of carbonyl (C=O) groups is 1. The molecule has 0 radical (unpaired) electrons. The largest absolute Gasteiger partial charge is 0.387 e. The first kappa shape index (κ1) is 18.1. The second-order valence-corrected chi connectivity index (χ2v) is 6.34. The van der Waals surface area contributed by atoms with Crippen molar-refractivity contribution in [3.8, 4) is 0 Å². The number of hydrogen-bond acceptors (Lipinski definition) is 2. The summed E-state index contributed by atoms with van der Waals surface area (Å²) in [6.07, 6.45) is 12.0. The summed E-state index contributed by atoms with van der Waals surface area (Å²) in [5, 5.41) is 0. The number of amides is 1. The predicted octanol–water partition coefficient (Wildman–Crippen LogP) is 5.12. The van der Waals surface area contributed by atoms with Crippen LogP contribution in [0.15, 0.2) is 11.8 Å². The fourth-order valence-electron chi connectivity index (χ4n) is 3.74. The molecule has 3 nitrogen and oxygen atoms in total. The Labute approximate surface area is 130 Å². The molecule has 1 unspecified atom stereocenters. The van der Waals surface area contributed by atoms with Gasteiger partial charge in [-0.25, -0.2) is 0 Å². The van der Waals surface area contributed by atoms with Gasteiger partial charge in [0.2, 0.25) is 0 Å². The number of hydrogen-bond donors (Lipinski definition) is 1. The zero-order valence-corrected chi connectivity index (χ0v) is 14.3. The molecular formula is C18H33NO2. The van der Waals surface area contributed by atoms with Gasteiger partial charge in [0.15, 0.2) is 0 Å². The lowest BCUT2D eigenvalue weighted by atomic mass is 9.64. The van der Waals surface area contributed by atoms with Crippen LogP contribution in [0.25, 0.3) is 0 Å². The van der Waals surface area contributed by atoms with Crippen LogP contribution in [0.2, 0.25) is 0 Å². The number of hydroxylamine groups is 1. The molecule has 0 bridgehead atoms. The molecule has 1 amide bonds. The molecule has 0 saturated carbocycles. The van der Waals surface area contributed by atoms with Crippen molar-refractivity contribution in [2.45, 2.75) is 85.5 Å². The Hall–Kier alpha value is -0.990. The molecule has 1 aliphatic rings. The molecule has 122 valence electrons. The van der Waals surface area contributed by atoms with Gasteiger partial charge < -0.3 is 4.84 Å². The predicted molar refractivity (Wildman–Crippen MR) is 87.5 cm³/mol. The van der Waals surface area contributed by atoms with Crippen LogP contribution >= 0.6 is 0 Å². The highest BCUT2D eigenvalue weighted by atomic mass is 16.6. The van der Waals surface area contributed by atoms with Crippen molar-refractivity contribution < 1.29 is 9.63 Å². The van der Waals surface area contributed by atoms with E-state index in [1.54, 1.807) is 6.26 Å². The maximum Gasteiger partial charge on any atom is 0.260 e. The average Bonchev–Trinajstić information content (AvgIpc) is 2.50. The Morgan fingerprint density at radius 2 is 1.81 bits per heavy atom. The first-order valence-corrected chi connectivity index (χ1v) is 8.79. The first-order chi connectivity index (χ1) is 10.1. The molecule has 0 aromatic heterocycles. The van der Waals surface area contributed by atoms with Gasteiger partial charge >= 0.3 is 0 Å². The van der Waals surface area contributed by atoms with Crippen molar-refractivity contribution in [1.29, 1.82) is 0 Å². The number of carbonyl (C=O) groups excluding carboxylic acids is 1. The summed E-state index contributed by atoms with van der Waals surface area (Å²) in [7, 11) is 0. The Bertz CT molecular complexity index is 345. The van der Waals surface area contributed by atoms with Crippen LogP contribution in [0.1, 0.15) is 85.5 Å². The molecule has 21 heavy (non-hydrogen) atoms. The van der Waals surface area contributed by atoms with E-state index in [0.717, 1.165) is 38.5 Å². The summed E-state index contributed by atoms with van der Waals surface area (Å²) in [6, 6.07) is 0. The van der Waals surface area contributed by atoms with Gasteiger partial charge in [-0.15, -0.1) is 0 Å². The van der Waals surface area contributed by atoms with E-state index in [1.165, 1.54) is 24.8 Å². The molecule has 0 aliphatic carbocycles. The zero-order valence-electron chi connectivity index (χ0n) is 14.3. The third-order valence-electron chi connectivity index (χ3n) is 5.09.